The van der Waals surface area contributed by atoms with Crippen LogP contribution in [0.1, 0.15) is 0 Å². The molecule has 0 saturated carbocycles. The van der Waals surface area contributed by atoms with Crippen LogP contribution < -0.4 is 9.47 Å². The molecule has 0 unspecified atom stereocenters. The van der Waals surface area contributed by atoms with Gasteiger partial charge in [-0.15, -0.1) is 0 Å². The van der Waals surface area contributed by atoms with Gasteiger partial charge in [0.15, 0.2) is 11.5 Å². The van der Waals surface area contributed by atoms with Gasteiger partial charge in [-0.3, -0.25) is 0 Å². The van der Waals surface area contributed by atoms with Crippen LogP contribution in [0.2, 0.25) is 0 Å². The lowest BCUT2D eigenvalue weighted by atomic mass is 10.0. The fraction of sp³-hybridized carbons (Fsp3) is 0.0588. The van der Waals surface area contributed by atoms with E-state index in [0.29, 0.717) is 0 Å². The maximum absolute atomic E-state index is 5.49. The minimum absolute atomic E-state index is 0.244. The summed E-state index contributed by atoms with van der Waals surface area (Å²) in [7, 11) is 0. The molecular weight excluding hydrogens is 424 g/mol. The average molecular weight is 434 g/mol. The number of benzene rings is 2. The molecule has 4 nitrogen and oxygen atoms in total. The Morgan fingerprint density at radius 3 is 2.48 bits per heavy atom. The second kappa shape index (κ2) is 5.94. The lowest BCUT2D eigenvalue weighted by molar-refractivity contribution is 0.174. The van der Waals surface area contributed by atoms with Crippen LogP contribution in [0.15, 0.2) is 57.9 Å². The normalized spacial score (nSPS) is 12.4. The van der Waals surface area contributed by atoms with E-state index in [1.807, 2.05) is 42.6 Å². The molecule has 3 aromatic rings. The molecule has 2 heterocycles. The zero-order chi connectivity index (χ0) is 15.8. The number of nitrogens with zero attached hydrogens (tertiary/aromatic N) is 2. The first-order valence-electron chi connectivity index (χ1n) is 6.88. The van der Waals surface area contributed by atoms with Crippen LogP contribution in [0.25, 0.3) is 22.4 Å². The van der Waals surface area contributed by atoms with Crippen LogP contribution in [0, 0.1) is 0 Å². The second-order valence-corrected chi connectivity index (χ2v) is 6.66. The van der Waals surface area contributed by atoms with Gasteiger partial charge in [0.1, 0.15) is 6.33 Å². The Labute approximate surface area is 149 Å². The van der Waals surface area contributed by atoms with Gasteiger partial charge in [-0.1, -0.05) is 50.1 Å². The van der Waals surface area contributed by atoms with Crippen LogP contribution in [-0.2, 0) is 0 Å². The fourth-order valence-corrected chi connectivity index (χ4v) is 3.53. The highest BCUT2D eigenvalue weighted by Gasteiger charge is 2.20. The number of hydrogen-bond donors (Lipinski definition) is 0. The molecular formula is C17H10Br2N2O2. The summed E-state index contributed by atoms with van der Waals surface area (Å²) in [5, 5.41) is 0. The SMILES string of the molecule is Brc1cc2c(cc1-c1cncnc1-c1ccccc1Br)OCO2. The molecule has 0 spiro atoms. The lowest BCUT2D eigenvalue weighted by Crippen LogP contribution is -1.93. The van der Waals surface area contributed by atoms with Gasteiger partial charge in [-0.25, -0.2) is 9.97 Å². The van der Waals surface area contributed by atoms with E-state index in [1.54, 1.807) is 6.33 Å². The first-order valence-corrected chi connectivity index (χ1v) is 8.47. The minimum atomic E-state index is 0.244. The van der Waals surface area contributed by atoms with Gasteiger partial charge in [0.25, 0.3) is 0 Å². The lowest BCUT2D eigenvalue weighted by Gasteiger charge is -2.12. The van der Waals surface area contributed by atoms with Crippen LogP contribution in [0.4, 0.5) is 0 Å². The van der Waals surface area contributed by atoms with Gasteiger partial charge in [-0.2, -0.15) is 0 Å². The highest BCUT2D eigenvalue weighted by molar-refractivity contribution is 9.11. The Hall–Kier alpha value is -1.92. The molecule has 0 radical (unpaired) electrons. The van der Waals surface area contributed by atoms with E-state index in [1.165, 1.54) is 0 Å². The molecule has 23 heavy (non-hydrogen) atoms. The molecule has 0 aliphatic carbocycles. The van der Waals surface area contributed by atoms with Gasteiger partial charge in [-0.05, 0) is 18.2 Å². The standard InChI is InChI=1S/C17H10Br2N2O2/c18-13-4-2-1-3-10(13)17-12(7-20-8-21-17)11-5-15-16(6-14(11)19)23-9-22-15/h1-8H,9H2. The molecule has 4 rings (SSSR count). The molecule has 0 atom stereocenters. The van der Waals surface area contributed by atoms with E-state index in [2.05, 4.69) is 41.8 Å². The third-order valence-corrected chi connectivity index (χ3v) is 4.94. The Bertz CT molecular complexity index is 900. The van der Waals surface area contributed by atoms with Gasteiger partial charge >= 0.3 is 0 Å². The van der Waals surface area contributed by atoms with Crippen molar-refractivity contribution in [1.82, 2.24) is 9.97 Å². The van der Waals surface area contributed by atoms with Crippen molar-refractivity contribution in [2.75, 3.05) is 6.79 Å². The predicted molar refractivity (Wildman–Crippen MR) is 94.4 cm³/mol. The number of hydrogen-bond acceptors (Lipinski definition) is 4. The van der Waals surface area contributed by atoms with Crippen molar-refractivity contribution in [3.05, 3.63) is 57.9 Å². The second-order valence-electron chi connectivity index (χ2n) is 4.95. The maximum atomic E-state index is 5.49. The molecule has 1 aromatic heterocycles. The van der Waals surface area contributed by atoms with E-state index in [-0.39, 0.29) is 6.79 Å². The quantitative estimate of drug-likeness (QED) is 0.566. The first kappa shape index (κ1) is 14.7. The Morgan fingerprint density at radius 2 is 1.65 bits per heavy atom. The van der Waals surface area contributed by atoms with Crippen molar-refractivity contribution < 1.29 is 9.47 Å². The van der Waals surface area contributed by atoms with Gasteiger partial charge in [0, 0.05) is 31.8 Å². The summed E-state index contributed by atoms with van der Waals surface area (Å²) in [6.07, 6.45) is 3.36. The molecule has 114 valence electrons. The third kappa shape index (κ3) is 2.62. The van der Waals surface area contributed by atoms with Crippen LogP contribution in [0.5, 0.6) is 11.5 Å². The topological polar surface area (TPSA) is 44.2 Å². The minimum Gasteiger partial charge on any atom is -0.454 e. The van der Waals surface area contributed by atoms with Crippen molar-refractivity contribution in [2.24, 2.45) is 0 Å². The van der Waals surface area contributed by atoms with Gasteiger partial charge in [0.2, 0.25) is 6.79 Å². The number of fused-ring (bicyclic) bond motifs is 1. The summed E-state index contributed by atoms with van der Waals surface area (Å²) >= 11 is 7.20. The highest BCUT2D eigenvalue weighted by atomic mass is 79.9. The van der Waals surface area contributed by atoms with E-state index in [9.17, 15) is 0 Å². The molecule has 6 heteroatoms. The van der Waals surface area contributed by atoms with Crippen molar-refractivity contribution in [2.45, 2.75) is 0 Å². The summed E-state index contributed by atoms with van der Waals surface area (Å²) in [6.45, 7) is 0.244. The zero-order valence-electron chi connectivity index (χ0n) is 11.8. The van der Waals surface area contributed by atoms with Crippen LogP contribution in [-0.4, -0.2) is 16.8 Å². The molecule has 0 fully saturated rings. The third-order valence-electron chi connectivity index (χ3n) is 3.59. The van der Waals surface area contributed by atoms with Gasteiger partial charge in [0.05, 0.1) is 5.69 Å². The summed E-state index contributed by atoms with van der Waals surface area (Å²) < 4.78 is 12.8. The molecule has 0 bridgehead atoms. The number of ether oxygens (including phenoxy) is 2. The molecule has 2 aromatic carbocycles. The molecule has 0 amide bonds. The summed E-state index contributed by atoms with van der Waals surface area (Å²) in [5.74, 6) is 1.46. The number of aromatic nitrogens is 2. The molecule has 1 aliphatic heterocycles. The molecule has 1 aliphatic rings. The first-order chi connectivity index (χ1) is 11.2. The maximum Gasteiger partial charge on any atom is 0.231 e. The van der Waals surface area contributed by atoms with Crippen molar-refractivity contribution >= 4 is 31.9 Å². The monoisotopic (exact) mass is 432 g/mol. The summed E-state index contributed by atoms with van der Waals surface area (Å²) in [4.78, 5) is 8.68. The van der Waals surface area contributed by atoms with Crippen molar-refractivity contribution in [3.8, 4) is 33.9 Å². The van der Waals surface area contributed by atoms with Crippen LogP contribution >= 0.6 is 31.9 Å². The van der Waals surface area contributed by atoms with E-state index < -0.39 is 0 Å². The van der Waals surface area contributed by atoms with Gasteiger partial charge < -0.3 is 9.47 Å². The fourth-order valence-electron chi connectivity index (χ4n) is 2.52. The highest BCUT2D eigenvalue weighted by Crippen LogP contribution is 2.43. The smallest absolute Gasteiger partial charge is 0.231 e. The molecule has 0 N–H and O–H groups in total. The Balaban J connectivity index is 1.93. The average Bonchev–Trinajstić information content (AvgIpc) is 3.02. The number of halogens is 2. The van der Waals surface area contributed by atoms with E-state index >= 15 is 0 Å². The molecule has 0 saturated heterocycles. The zero-order valence-corrected chi connectivity index (χ0v) is 15.0. The largest absolute Gasteiger partial charge is 0.454 e. The van der Waals surface area contributed by atoms with Crippen molar-refractivity contribution in [3.63, 3.8) is 0 Å². The Kier molecular flexibility index (Phi) is 3.79. The van der Waals surface area contributed by atoms with E-state index in [0.717, 1.165) is 42.8 Å². The summed E-state index contributed by atoms with van der Waals surface area (Å²) in [5.41, 5.74) is 3.74. The van der Waals surface area contributed by atoms with Crippen LogP contribution in [0.3, 0.4) is 0 Å². The predicted octanol–water partition coefficient (Wildman–Crippen LogP) is 5.06. The summed E-state index contributed by atoms with van der Waals surface area (Å²) in [6, 6.07) is 11.8. The Morgan fingerprint density at radius 1 is 0.870 bits per heavy atom. The number of rotatable bonds is 2. The van der Waals surface area contributed by atoms with E-state index in [4.69, 9.17) is 9.47 Å². The van der Waals surface area contributed by atoms with Crippen molar-refractivity contribution in [1.29, 1.82) is 0 Å².